The molecule has 3 nitrogen and oxygen atoms in total. The van der Waals surface area contributed by atoms with Crippen LogP contribution in [0.2, 0.25) is 0 Å². The molecule has 0 amide bonds. The smallest absolute Gasteiger partial charge is 0.142 e. The Morgan fingerprint density at radius 2 is 2.00 bits per heavy atom. The molecule has 0 saturated heterocycles. The van der Waals surface area contributed by atoms with E-state index in [1.165, 1.54) is 5.56 Å². The summed E-state index contributed by atoms with van der Waals surface area (Å²) in [7, 11) is 0. The lowest BCUT2D eigenvalue weighted by molar-refractivity contribution is 0.477. The number of aromatic nitrogens is 2. The summed E-state index contributed by atoms with van der Waals surface area (Å²) in [6.07, 6.45) is 1.000. The van der Waals surface area contributed by atoms with Crippen LogP contribution in [0.3, 0.4) is 0 Å². The lowest BCUT2D eigenvalue weighted by Gasteiger charge is -2.01. The molecule has 1 aromatic heterocycles. The summed E-state index contributed by atoms with van der Waals surface area (Å²) in [5.74, 6) is 0.963. The van der Waals surface area contributed by atoms with E-state index in [1.54, 1.807) is 6.07 Å². The van der Waals surface area contributed by atoms with E-state index in [0.29, 0.717) is 5.82 Å². The molecule has 0 saturated carbocycles. The number of phenols is 1. The maximum atomic E-state index is 9.95. The second kappa shape index (κ2) is 4.43. The number of hydrogen-bond donors (Lipinski definition) is 2. The topological polar surface area (TPSA) is 48.9 Å². The predicted molar refractivity (Wildman–Crippen MR) is 77.3 cm³/mol. The number of imidazole rings is 1. The largest absolute Gasteiger partial charge is 0.507 e. The van der Waals surface area contributed by atoms with Gasteiger partial charge in [0, 0.05) is 0 Å². The molecular formula is C16H16N2O. The standard InChI is InChI=1S/C16H16N2O/c1-3-11-5-6-13-14(9-11)18-16(17-13)12-8-10(2)4-7-15(12)19/h4-9,19H,3H2,1-2H3,(H,17,18). The summed E-state index contributed by atoms with van der Waals surface area (Å²) in [6, 6.07) is 11.7. The molecular weight excluding hydrogens is 236 g/mol. The van der Waals surface area contributed by atoms with Crippen molar-refractivity contribution >= 4 is 11.0 Å². The van der Waals surface area contributed by atoms with Gasteiger partial charge in [-0.1, -0.05) is 24.6 Å². The van der Waals surface area contributed by atoms with Gasteiger partial charge in [0.1, 0.15) is 11.6 Å². The number of aryl methyl sites for hydroxylation is 2. The minimum Gasteiger partial charge on any atom is -0.507 e. The van der Waals surface area contributed by atoms with Crippen molar-refractivity contribution in [3.8, 4) is 17.1 Å². The Labute approximate surface area is 111 Å². The van der Waals surface area contributed by atoms with Crippen molar-refractivity contribution in [2.75, 3.05) is 0 Å². The van der Waals surface area contributed by atoms with Crippen molar-refractivity contribution in [2.24, 2.45) is 0 Å². The predicted octanol–water partition coefficient (Wildman–Crippen LogP) is 3.81. The molecule has 96 valence electrons. The SMILES string of the molecule is CCc1ccc2nc(-c3cc(C)ccc3O)[nH]c2c1. The summed E-state index contributed by atoms with van der Waals surface area (Å²) in [5.41, 5.74) is 5.05. The van der Waals surface area contributed by atoms with Crippen LogP contribution in [0, 0.1) is 6.92 Å². The molecule has 0 aliphatic rings. The first-order valence-electron chi connectivity index (χ1n) is 6.46. The molecule has 0 aliphatic carbocycles. The van der Waals surface area contributed by atoms with Crippen LogP contribution in [-0.4, -0.2) is 15.1 Å². The number of benzene rings is 2. The Morgan fingerprint density at radius 3 is 2.79 bits per heavy atom. The molecule has 0 radical (unpaired) electrons. The Morgan fingerprint density at radius 1 is 1.16 bits per heavy atom. The van der Waals surface area contributed by atoms with E-state index < -0.39 is 0 Å². The van der Waals surface area contributed by atoms with Gasteiger partial charge < -0.3 is 10.1 Å². The van der Waals surface area contributed by atoms with Crippen LogP contribution in [0.5, 0.6) is 5.75 Å². The van der Waals surface area contributed by atoms with Gasteiger partial charge in [-0.15, -0.1) is 0 Å². The minimum atomic E-state index is 0.250. The summed E-state index contributed by atoms with van der Waals surface area (Å²) in [4.78, 5) is 7.83. The summed E-state index contributed by atoms with van der Waals surface area (Å²) in [5, 5.41) is 9.95. The first kappa shape index (κ1) is 11.8. The highest BCUT2D eigenvalue weighted by atomic mass is 16.3. The summed E-state index contributed by atoms with van der Waals surface area (Å²) < 4.78 is 0. The van der Waals surface area contributed by atoms with E-state index >= 15 is 0 Å². The first-order valence-corrected chi connectivity index (χ1v) is 6.46. The number of nitrogens with zero attached hydrogens (tertiary/aromatic N) is 1. The number of phenolic OH excluding ortho intramolecular Hbond substituents is 1. The lowest BCUT2D eigenvalue weighted by atomic mass is 10.1. The number of hydrogen-bond acceptors (Lipinski definition) is 2. The van der Waals surface area contributed by atoms with Crippen LogP contribution in [-0.2, 0) is 6.42 Å². The van der Waals surface area contributed by atoms with E-state index in [-0.39, 0.29) is 5.75 Å². The zero-order valence-corrected chi connectivity index (χ0v) is 11.1. The number of aromatic amines is 1. The highest BCUT2D eigenvalue weighted by Crippen LogP contribution is 2.29. The Balaban J connectivity index is 2.17. The fourth-order valence-electron chi connectivity index (χ4n) is 2.24. The van der Waals surface area contributed by atoms with E-state index in [1.807, 2.05) is 25.1 Å². The lowest BCUT2D eigenvalue weighted by Crippen LogP contribution is -1.83. The zero-order chi connectivity index (χ0) is 13.4. The average Bonchev–Trinajstić information content (AvgIpc) is 2.83. The number of nitrogens with one attached hydrogen (secondary N) is 1. The van der Waals surface area contributed by atoms with Crippen molar-refractivity contribution in [3.63, 3.8) is 0 Å². The van der Waals surface area contributed by atoms with E-state index in [0.717, 1.165) is 28.6 Å². The molecule has 3 rings (SSSR count). The molecule has 2 aromatic carbocycles. The van der Waals surface area contributed by atoms with Gasteiger partial charge in [0.05, 0.1) is 16.6 Å². The van der Waals surface area contributed by atoms with Gasteiger partial charge in [-0.25, -0.2) is 4.98 Å². The van der Waals surface area contributed by atoms with E-state index in [2.05, 4.69) is 29.0 Å². The summed E-state index contributed by atoms with van der Waals surface area (Å²) in [6.45, 7) is 4.13. The van der Waals surface area contributed by atoms with Crippen LogP contribution < -0.4 is 0 Å². The number of fused-ring (bicyclic) bond motifs is 1. The Hall–Kier alpha value is -2.29. The maximum absolute atomic E-state index is 9.95. The molecule has 1 heterocycles. The normalized spacial score (nSPS) is 11.1. The number of aromatic hydroxyl groups is 1. The van der Waals surface area contributed by atoms with Crippen LogP contribution in [0.1, 0.15) is 18.1 Å². The van der Waals surface area contributed by atoms with Crippen molar-refractivity contribution in [1.29, 1.82) is 0 Å². The van der Waals surface area contributed by atoms with Crippen LogP contribution in [0.15, 0.2) is 36.4 Å². The van der Waals surface area contributed by atoms with Gasteiger partial charge >= 0.3 is 0 Å². The highest BCUT2D eigenvalue weighted by molar-refractivity contribution is 5.81. The minimum absolute atomic E-state index is 0.250. The Bertz CT molecular complexity index is 744. The monoisotopic (exact) mass is 252 g/mol. The van der Waals surface area contributed by atoms with Crippen LogP contribution >= 0.6 is 0 Å². The molecule has 0 aliphatic heterocycles. The summed E-state index contributed by atoms with van der Waals surface area (Å²) >= 11 is 0. The van der Waals surface area contributed by atoms with Gasteiger partial charge in [0.15, 0.2) is 0 Å². The van der Waals surface area contributed by atoms with Crippen molar-refractivity contribution < 1.29 is 5.11 Å². The molecule has 0 atom stereocenters. The second-order valence-corrected chi connectivity index (χ2v) is 4.81. The van der Waals surface area contributed by atoms with Gasteiger partial charge in [0.2, 0.25) is 0 Å². The van der Waals surface area contributed by atoms with Crippen molar-refractivity contribution in [3.05, 3.63) is 47.5 Å². The van der Waals surface area contributed by atoms with Crippen LogP contribution in [0.4, 0.5) is 0 Å². The molecule has 0 spiro atoms. The third kappa shape index (κ3) is 2.08. The van der Waals surface area contributed by atoms with Gasteiger partial charge in [-0.05, 0) is 43.2 Å². The molecule has 3 aromatic rings. The molecule has 0 unspecified atom stereocenters. The molecule has 0 fully saturated rings. The van der Waals surface area contributed by atoms with Gasteiger partial charge in [-0.2, -0.15) is 0 Å². The molecule has 0 bridgehead atoms. The molecule has 19 heavy (non-hydrogen) atoms. The first-order chi connectivity index (χ1) is 9.17. The zero-order valence-electron chi connectivity index (χ0n) is 11.1. The maximum Gasteiger partial charge on any atom is 0.142 e. The van der Waals surface area contributed by atoms with Crippen molar-refractivity contribution in [1.82, 2.24) is 9.97 Å². The second-order valence-electron chi connectivity index (χ2n) is 4.81. The number of rotatable bonds is 2. The Kier molecular flexibility index (Phi) is 2.75. The van der Waals surface area contributed by atoms with E-state index in [9.17, 15) is 5.11 Å². The fraction of sp³-hybridized carbons (Fsp3) is 0.188. The highest BCUT2D eigenvalue weighted by Gasteiger charge is 2.10. The quantitative estimate of drug-likeness (QED) is 0.728. The van der Waals surface area contributed by atoms with E-state index in [4.69, 9.17) is 0 Å². The average molecular weight is 252 g/mol. The number of H-pyrrole nitrogens is 1. The fourth-order valence-corrected chi connectivity index (χ4v) is 2.24. The third-order valence-corrected chi connectivity index (χ3v) is 3.36. The third-order valence-electron chi connectivity index (χ3n) is 3.36. The molecule has 2 N–H and O–H groups in total. The van der Waals surface area contributed by atoms with Gasteiger partial charge in [0.25, 0.3) is 0 Å². The van der Waals surface area contributed by atoms with Gasteiger partial charge in [-0.3, -0.25) is 0 Å². The molecule has 3 heteroatoms. The van der Waals surface area contributed by atoms with Crippen LogP contribution in [0.25, 0.3) is 22.4 Å². The van der Waals surface area contributed by atoms with Crippen molar-refractivity contribution in [2.45, 2.75) is 20.3 Å².